The minimum Gasteiger partial charge on any atom is -0.394 e. The monoisotopic (exact) mass is 235 g/mol. The molecule has 0 amide bonds. The number of aliphatic hydroxyl groups is 3. The highest BCUT2D eigenvalue weighted by Gasteiger charge is 2.26. The topological polar surface area (TPSA) is 90.2 Å². The Morgan fingerprint density at radius 2 is 2.00 bits per heavy atom. The van der Waals surface area contributed by atoms with Crippen LogP contribution in [0.2, 0.25) is 0 Å². The second kappa shape index (κ2) is 8.60. The number of carbonyl (C=O) groups is 1. The van der Waals surface area contributed by atoms with Crippen LogP contribution in [0.5, 0.6) is 0 Å². The van der Waals surface area contributed by atoms with Gasteiger partial charge in [-0.1, -0.05) is 0 Å². The van der Waals surface area contributed by atoms with Gasteiger partial charge in [-0.25, -0.2) is 0 Å². The Balaban J connectivity index is 3.86. The lowest BCUT2D eigenvalue weighted by atomic mass is 10.1. The van der Waals surface area contributed by atoms with Gasteiger partial charge < -0.3 is 29.8 Å². The van der Waals surface area contributed by atoms with Gasteiger partial charge in [0.1, 0.15) is 18.3 Å². The lowest BCUT2D eigenvalue weighted by molar-refractivity contribution is -0.136. The molecule has 16 heavy (non-hydrogen) atoms. The smallest absolute Gasteiger partial charge is 0.151 e. The highest BCUT2D eigenvalue weighted by molar-refractivity contribution is 5.57. The summed E-state index contributed by atoms with van der Waals surface area (Å²) in [6.45, 7) is 0.521. The number of nitrogens with zero attached hydrogens (tertiary/aromatic N) is 1. The molecular formula is C10H21NO5. The molecular weight excluding hydrogens is 214 g/mol. The molecule has 0 heterocycles. The third-order valence-electron chi connectivity index (χ3n) is 2.11. The fourth-order valence-corrected chi connectivity index (χ4v) is 1.15. The highest BCUT2D eigenvalue weighted by Crippen LogP contribution is 2.03. The van der Waals surface area contributed by atoms with E-state index in [1.54, 1.807) is 0 Å². The molecule has 0 aromatic rings. The molecule has 96 valence electrons. The standard InChI is InChI=1S/C10H21NO5/c1-11(2)4-3-5-16-9(7-13)10(15)8(14)6-12/h7-10,12,14-15H,3-6H2,1-2H3. The molecule has 6 heteroatoms. The lowest BCUT2D eigenvalue weighted by Gasteiger charge is -2.22. The summed E-state index contributed by atoms with van der Waals surface area (Å²) in [6.07, 6.45) is -2.69. The molecule has 0 aliphatic rings. The molecule has 0 fully saturated rings. The van der Waals surface area contributed by atoms with Crippen LogP contribution in [-0.2, 0) is 9.53 Å². The number of rotatable bonds is 9. The Labute approximate surface area is 95.4 Å². The van der Waals surface area contributed by atoms with Crippen molar-refractivity contribution in [3.8, 4) is 0 Å². The van der Waals surface area contributed by atoms with Crippen LogP contribution in [-0.4, -0.2) is 78.7 Å². The molecule has 6 nitrogen and oxygen atoms in total. The van der Waals surface area contributed by atoms with Gasteiger partial charge in [0.25, 0.3) is 0 Å². The van der Waals surface area contributed by atoms with Crippen LogP contribution in [0.3, 0.4) is 0 Å². The van der Waals surface area contributed by atoms with E-state index >= 15 is 0 Å². The van der Waals surface area contributed by atoms with Gasteiger partial charge >= 0.3 is 0 Å². The summed E-state index contributed by atoms with van der Waals surface area (Å²) < 4.78 is 5.11. The molecule has 0 rings (SSSR count). The van der Waals surface area contributed by atoms with Crippen molar-refractivity contribution in [3.05, 3.63) is 0 Å². The third-order valence-corrected chi connectivity index (χ3v) is 2.11. The molecule has 0 aliphatic heterocycles. The molecule has 0 bridgehead atoms. The van der Waals surface area contributed by atoms with Crippen LogP contribution in [0.1, 0.15) is 6.42 Å². The van der Waals surface area contributed by atoms with Crippen molar-refractivity contribution in [1.82, 2.24) is 4.90 Å². The maximum atomic E-state index is 10.6. The predicted octanol–water partition coefficient (Wildman–Crippen LogP) is -1.76. The van der Waals surface area contributed by atoms with Gasteiger partial charge in [0, 0.05) is 6.61 Å². The van der Waals surface area contributed by atoms with Crippen molar-refractivity contribution in [2.24, 2.45) is 0 Å². The number of aldehydes is 1. The molecule has 0 aromatic carbocycles. The molecule has 0 aliphatic carbocycles. The summed E-state index contributed by atoms with van der Waals surface area (Å²) in [7, 11) is 3.84. The highest BCUT2D eigenvalue weighted by atomic mass is 16.5. The van der Waals surface area contributed by atoms with Crippen molar-refractivity contribution in [2.75, 3.05) is 33.9 Å². The zero-order valence-electron chi connectivity index (χ0n) is 9.74. The number of carbonyl (C=O) groups excluding carboxylic acids is 1. The molecule has 0 radical (unpaired) electrons. The average Bonchev–Trinajstić information content (AvgIpc) is 2.27. The second-order valence-electron chi connectivity index (χ2n) is 3.87. The van der Waals surface area contributed by atoms with Gasteiger partial charge in [-0.15, -0.1) is 0 Å². The zero-order chi connectivity index (χ0) is 12.6. The largest absolute Gasteiger partial charge is 0.394 e. The molecule has 0 aromatic heterocycles. The first-order valence-electron chi connectivity index (χ1n) is 5.21. The van der Waals surface area contributed by atoms with E-state index in [2.05, 4.69) is 0 Å². The molecule has 0 saturated heterocycles. The first kappa shape index (κ1) is 15.5. The molecule has 3 unspecified atom stereocenters. The number of hydrogen-bond donors (Lipinski definition) is 3. The van der Waals surface area contributed by atoms with Crippen LogP contribution >= 0.6 is 0 Å². The summed E-state index contributed by atoms with van der Waals surface area (Å²) >= 11 is 0. The van der Waals surface area contributed by atoms with Crippen molar-refractivity contribution < 1.29 is 24.9 Å². The number of aliphatic hydroxyl groups excluding tert-OH is 3. The van der Waals surface area contributed by atoms with E-state index in [0.717, 1.165) is 13.0 Å². The van der Waals surface area contributed by atoms with Crippen molar-refractivity contribution in [1.29, 1.82) is 0 Å². The third kappa shape index (κ3) is 6.14. The first-order chi connectivity index (χ1) is 7.52. The SMILES string of the molecule is CN(C)CCCOC(C=O)C(O)C(O)CO. The molecule has 0 spiro atoms. The van der Waals surface area contributed by atoms with Gasteiger partial charge in [0.15, 0.2) is 6.29 Å². The van der Waals surface area contributed by atoms with Crippen LogP contribution < -0.4 is 0 Å². The van der Waals surface area contributed by atoms with Crippen molar-refractivity contribution >= 4 is 6.29 Å². The molecule has 3 atom stereocenters. The minimum absolute atomic E-state index is 0.316. The summed E-state index contributed by atoms with van der Waals surface area (Å²) in [6, 6.07) is 0. The maximum absolute atomic E-state index is 10.6. The lowest BCUT2D eigenvalue weighted by Crippen LogP contribution is -2.42. The van der Waals surface area contributed by atoms with E-state index in [4.69, 9.17) is 14.9 Å². The summed E-state index contributed by atoms with van der Waals surface area (Å²) in [4.78, 5) is 12.6. The van der Waals surface area contributed by atoms with Crippen LogP contribution in [0, 0.1) is 0 Å². The average molecular weight is 235 g/mol. The van der Waals surface area contributed by atoms with Crippen molar-refractivity contribution in [3.63, 3.8) is 0 Å². The van der Waals surface area contributed by atoms with E-state index < -0.39 is 24.9 Å². The summed E-state index contributed by atoms with van der Waals surface area (Å²) in [5.74, 6) is 0. The minimum atomic E-state index is -1.39. The normalized spacial score (nSPS) is 17.1. The Morgan fingerprint density at radius 1 is 1.38 bits per heavy atom. The Bertz CT molecular complexity index is 188. The molecule has 3 N–H and O–H groups in total. The number of hydrogen-bond acceptors (Lipinski definition) is 6. The van der Waals surface area contributed by atoms with Crippen LogP contribution in [0.15, 0.2) is 0 Å². The van der Waals surface area contributed by atoms with Gasteiger partial charge in [0.05, 0.1) is 6.61 Å². The van der Waals surface area contributed by atoms with Gasteiger partial charge in [-0.05, 0) is 27.1 Å². The quantitative estimate of drug-likeness (QED) is 0.324. The fourth-order valence-electron chi connectivity index (χ4n) is 1.15. The first-order valence-corrected chi connectivity index (χ1v) is 5.21. The van der Waals surface area contributed by atoms with E-state index in [1.165, 1.54) is 0 Å². The Morgan fingerprint density at radius 3 is 2.44 bits per heavy atom. The summed E-state index contributed by atoms with van der Waals surface area (Å²) in [5.41, 5.74) is 0. The van der Waals surface area contributed by atoms with E-state index in [9.17, 15) is 9.90 Å². The van der Waals surface area contributed by atoms with Gasteiger partial charge in [-0.3, -0.25) is 0 Å². The van der Waals surface area contributed by atoms with E-state index in [0.29, 0.717) is 12.9 Å². The second-order valence-corrected chi connectivity index (χ2v) is 3.87. The van der Waals surface area contributed by atoms with E-state index in [-0.39, 0.29) is 0 Å². The fraction of sp³-hybridized carbons (Fsp3) is 0.900. The van der Waals surface area contributed by atoms with Crippen LogP contribution in [0.25, 0.3) is 0 Å². The zero-order valence-corrected chi connectivity index (χ0v) is 9.74. The Hall–Kier alpha value is -0.530. The van der Waals surface area contributed by atoms with E-state index in [1.807, 2.05) is 19.0 Å². The molecule has 0 saturated carbocycles. The maximum Gasteiger partial charge on any atom is 0.151 e. The van der Waals surface area contributed by atoms with Crippen molar-refractivity contribution in [2.45, 2.75) is 24.7 Å². The van der Waals surface area contributed by atoms with Crippen LogP contribution in [0.4, 0.5) is 0 Å². The Kier molecular flexibility index (Phi) is 8.32. The summed E-state index contributed by atoms with van der Waals surface area (Å²) in [5, 5.41) is 27.1. The number of ether oxygens (including phenoxy) is 1. The van der Waals surface area contributed by atoms with Gasteiger partial charge in [0.2, 0.25) is 0 Å². The predicted molar refractivity (Wildman–Crippen MR) is 58.1 cm³/mol. The van der Waals surface area contributed by atoms with Gasteiger partial charge in [-0.2, -0.15) is 0 Å².